The van der Waals surface area contributed by atoms with Gasteiger partial charge in [0.1, 0.15) is 5.78 Å². The van der Waals surface area contributed by atoms with Gasteiger partial charge in [0, 0.05) is 17.6 Å². The highest BCUT2D eigenvalue weighted by molar-refractivity contribution is 5.93. The van der Waals surface area contributed by atoms with Gasteiger partial charge in [-0.15, -0.1) is 0 Å². The van der Waals surface area contributed by atoms with Crippen molar-refractivity contribution in [1.82, 2.24) is 0 Å². The molecular formula is C29H33NO. The van der Waals surface area contributed by atoms with Crippen LogP contribution in [0.15, 0.2) is 91.0 Å². The van der Waals surface area contributed by atoms with Crippen molar-refractivity contribution in [3.05, 3.63) is 102 Å². The Labute approximate surface area is 186 Å². The van der Waals surface area contributed by atoms with Crippen molar-refractivity contribution in [2.75, 3.05) is 5.32 Å². The second-order valence-electron chi connectivity index (χ2n) is 8.88. The van der Waals surface area contributed by atoms with E-state index in [0.717, 1.165) is 24.1 Å². The Bertz CT molecular complexity index is 932. The molecule has 0 amide bonds. The smallest absolute Gasteiger partial charge is 0.150 e. The number of benzene rings is 3. The van der Waals surface area contributed by atoms with Gasteiger partial charge in [-0.2, -0.15) is 0 Å². The Balaban J connectivity index is 1.70. The van der Waals surface area contributed by atoms with Gasteiger partial charge in [0.25, 0.3) is 0 Å². The molecule has 31 heavy (non-hydrogen) atoms. The van der Waals surface area contributed by atoms with Gasteiger partial charge in [-0.25, -0.2) is 0 Å². The van der Waals surface area contributed by atoms with E-state index >= 15 is 0 Å². The number of hydrogen-bond donors (Lipinski definition) is 1. The zero-order valence-corrected chi connectivity index (χ0v) is 18.4. The molecule has 3 atom stereocenters. The zero-order valence-electron chi connectivity index (χ0n) is 18.4. The lowest BCUT2D eigenvalue weighted by atomic mass is 9.70. The molecule has 0 aromatic heterocycles. The summed E-state index contributed by atoms with van der Waals surface area (Å²) in [5, 5.41) is 3.61. The maximum absolute atomic E-state index is 14.3. The largest absolute Gasteiger partial charge is 0.382 e. The minimum Gasteiger partial charge on any atom is -0.382 e. The van der Waals surface area contributed by atoms with Crippen LogP contribution in [0.1, 0.15) is 62.0 Å². The third kappa shape index (κ3) is 5.25. The molecule has 3 aromatic rings. The average molecular weight is 412 g/mol. The van der Waals surface area contributed by atoms with E-state index in [9.17, 15) is 4.79 Å². The molecule has 1 aliphatic rings. The van der Waals surface area contributed by atoms with E-state index in [1.807, 2.05) is 42.5 Å². The highest BCUT2D eigenvalue weighted by Crippen LogP contribution is 2.41. The van der Waals surface area contributed by atoms with Gasteiger partial charge in [-0.1, -0.05) is 98.1 Å². The summed E-state index contributed by atoms with van der Waals surface area (Å²) in [4.78, 5) is 14.3. The SMILES string of the molecule is CC(Nc1ccccc1)C(C(=O)C(c1ccccc1)C1CCCCC1)c1ccccc1. The van der Waals surface area contributed by atoms with Crippen LogP contribution in [0.25, 0.3) is 0 Å². The van der Waals surface area contributed by atoms with Gasteiger partial charge in [-0.3, -0.25) is 4.79 Å². The van der Waals surface area contributed by atoms with Gasteiger partial charge in [0.2, 0.25) is 0 Å². The van der Waals surface area contributed by atoms with Crippen molar-refractivity contribution >= 4 is 11.5 Å². The highest BCUT2D eigenvalue weighted by atomic mass is 16.1. The first-order valence-electron chi connectivity index (χ1n) is 11.7. The second kappa shape index (κ2) is 10.4. The van der Waals surface area contributed by atoms with Crippen LogP contribution in [0.2, 0.25) is 0 Å². The zero-order chi connectivity index (χ0) is 21.5. The van der Waals surface area contributed by atoms with Crippen LogP contribution in [-0.2, 0) is 4.79 Å². The second-order valence-corrected chi connectivity index (χ2v) is 8.88. The van der Waals surface area contributed by atoms with Crippen LogP contribution in [0.3, 0.4) is 0 Å². The van der Waals surface area contributed by atoms with E-state index in [0.29, 0.717) is 11.7 Å². The molecule has 2 nitrogen and oxygen atoms in total. The highest BCUT2D eigenvalue weighted by Gasteiger charge is 2.37. The van der Waals surface area contributed by atoms with Gasteiger partial charge < -0.3 is 5.32 Å². The van der Waals surface area contributed by atoms with Crippen molar-refractivity contribution in [2.24, 2.45) is 5.92 Å². The van der Waals surface area contributed by atoms with Crippen LogP contribution in [0.4, 0.5) is 5.69 Å². The van der Waals surface area contributed by atoms with E-state index in [1.165, 1.54) is 24.8 Å². The van der Waals surface area contributed by atoms with E-state index in [-0.39, 0.29) is 17.9 Å². The summed E-state index contributed by atoms with van der Waals surface area (Å²) in [5.74, 6) is 0.527. The maximum Gasteiger partial charge on any atom is 0.150 e. The normalized spacial score (nSPS) is 17.5. The van der Waals surface area contributed by atoms with Crippen LogP contribution < -0.4 is 5.32 Å². The predicted octanol–water partition coefficient (Wildman–Crippen LogP) is 7.20. The van der Waals surface area contributed by atoms with Gasteiger partial charge >= 0.3 is 0 Å². The number of carbonyl (C=O) groups excluding carboxylic acids is 1. The van der Waals surface area contributed by atoms with Crippen LogP contribution >= 0.6 is 0 Å². The molecule has 2 heteroatoms. The van der Waals surface area contributed by atoms with Gasteiger partial charge in [0.05, 0.1) is 5.92 Å². The van der Waals surface area contributed by atoms with Crippen LogP contribution in [0.5, 0.6) is 0 Å². The predicted molar refractivity (Wildman–Crippen MR) is 129 cm³/mol. The number of hydrogen-bond acceptors (Lipinski definition) is 2. The molecule has 0 saturated heterocycles. The standard InChI is InChI=1S/C29H33NO/c1-22(30-26-20-12-5-13-21-26)27(23-14-6-2-7-15-23)29(31)28(24-16-8-3-9-17-24)25-18-10-4-11-19-25/h2-3,5-9,12-17,20-22,25,27-28,30H,4,10-11,18-19H2,1H3. The summed E-state index contributed by atoms with van der Waals surface area (Å²) >= 11 is 0. The fraction of sp³-hybridized carbons (Fsp3) is 0.345. The van der Waals surface area contributed by atoms with Crippen molar-refractivity contribution in [1.29, 1.82) is 0 Å². The third-order valence-electron chi connectivity index (χ3n) is 6.72. The van der Waals surface area contributed by atoms with Crippen molar-refractivity contribution < 1.29 is 4.79 Å². The third-order valence-corrected chi connectivity index (χ3v) is 6.72. The molecule has 4 rings (SSSR count). The minimum absolute atomic E-state index is 0.00731. The molecule has 0 bridgehead atoms. The minimum atomic E-state index is -0.200. The number of Topliss-reactive ketones (excluding diaryl/α,β-unsaturated/α-hetero) is 1. The fourth-order valence-corrected chi connectivity index (χ4v) is 5.23. The molecule has 1 aliphatic carbocycles. The molecule has 3 unspecified atom stereocenters. The Morgan fingerprint density at radius 1 is 0.742 bits per heavy atom. The van der Waals surface area contributed by atoms with E-state index in [2.05, 4.69) is 60.8 Å². The summed E-state index contributed by atoms with van der Waals surface area (Å²) < 4.78 is 0. The van der Waals surface area contributed by atoms with Gasteiger partial charge in [-0.05, 0) is 48.9 Å². The summed E-state index contributed by atoms with van der Waals surface area (Å²) in [7, 11) is 0. The summed E-state index contributed by atoms with van der Waals surface area (Å²) in [5.41, 5.74) is 3.32. The molecule has 0 spiro atoms. The topological polar surface area (TPSA) is 29.1 Å². The average Bonchev–Trinajstić information content (AvgIpc) is 2.82. The molecule has 1 saturated carbocycles. The summed E-state index contributed by atoms with van der Waals surface area (Å²) in [6.45, 7) is 2.14. The molecule has 1 fully saturated rings. The Morgan fingerprint density at radius 3 is 1.84 bits per heavy atom. The summed E-state index contributed by atoms with van der Waals surface area (Å²) in [6, 6.07) is 31.0. The molecule has 0 radical (unpaired) electrons. The fourth-order valence-electron chi connectivity index (χ4n) is 5.23. The van der Waals surface area contributed by atoms with E-state index in [4.69, 9.17) is 0 Å². The maximum atomic E-state index is 14.3. The first-order chi connectivity index (χ1) is 15.2. The lowest BCUT2D eigenvalue weighted by Crippen LogP contribution is -2.36. The molecule has 0 aliphatic heterocycles. The van der Waals surface area contributed by atoms with Crippen LogP contribution in [-0.4, -0.2) is 11.8 Å². The molecule has 160 valence electrons. The number of nitrogens with one attached hydrogen (secondary N) is 1. The number of rotatable bonds is 8. The lowest BCUT2D eigenvalue weighted by Gasteiger charge is -2.34. The number of para-hydroxylation sites is 1. The van der Waals surface area contributed by atoms with E-state index < -0.39 is 0 Å². The first kappa shape index (κ1) is 21.4. The molecule has 3 aromatic carbocycles. The van der Waals surface area contributed by atoms with Gasteiger partial charge in [0.15, 0.2) is 0 Å². The van der Waals surface area contributed by atoms with Crippen LogP contribution in [0, 0.1) is 5.92 Å². The molecular weight excluding hydrogens is 378 g/mol. The van der Waals surface area contributed by atoms with E-state index in [1.54, 1.807) is 0 Å². The molecule has 1 N–H and O–H groups in total. The number of ketones is 1. The van der Waals surface area contributed by atoms with Crippen molar-refractivity contribution in [3.8, 4) is 0 Å². The number of anilines is 1. The summed E-state index contributed by atoms with van der Waals surface area (Å²) in [6.07, 6.45) is 6.05. The monoisotopic (exact) mass is 411 g/mol. The quantitative estimate of drug-likeness (QED) is 0.424. The Hall–Kier alpha value is -2.87. The lowest BCUT2D eigenvalue weighted by molar-refractivity contribution is -0.123. The molecule has 0 heterocycles. The Kier molecular flexibility index (Phi) is 7.19. The first-order valence-corrected chi connectivity index (χ1v) is 11.7. The number of carbonyl (C=O) groups is 1. The Morgan fingerprint density at radius 2 is 1.26 bits per heavy atom. The van der Waals surface area contributed by atoms with Crippen molar-refractivity contribution in [2.45, 2.75) is 56.9 Å². The van der Waals surface area contributed by atoms with Crippen molar-refractivity contribution in [3.63, 3.8) is 0 Å².